The van der Waals surface area contributed by atoms with Crippen LogP contribution in [0, 0.1) is 0 Å². The highest BCUT2D eigenvalue weighted by atomic mass is 16.3. The van der Waals surface area contributed by atoms with Crippen molar-refractivity contribution < 1.29 is 10.2 Å². The fourth-order valence-corrected chi connectivity index (χ4v) is 0.868. The predicted octanol–water partition coefficient (Wildman–Crippen LogP) is 0.384. The van der Waals surface area contributed by atoms with Crippen LogP contribution in [-0.2, 0) is 0 Å². The Morgan fingerprint density at radius 3 is 2.73 bits per heavy atom. The maximum Gasteiger partial charge on any atom is 0.115 e. The lowest BCUT2D eigenvalue weighted by Crippen LogP contribution is -2.11. The van der Waals surface area contributed by atoms with Crippen LogP contribution in [0.5, 0.6) is 5.75 Å². The Bertz CT molecular complexity index is 237. The normalized spacial score (nSPS) is 12.9. The van der Waals surface area contributed by atoms with Gasteiger partial charge in [0.2, 0.25) is 0 Å². The van der Waals surface area contributed by atoms with Crippen LogP contribution in [0.1, 0.15) is 11.7 Å². The molecule has 3 nitrogen and oxygen atoms in total. The van der Waals surface area contributed by atoms with Crippen molar-refractivity contribution in [2.45, 2.75) is 6.10 Å². The average molecular weight is 153 g/mol. The minimum atomic E-state index is -0.679. The van der Waals surface area contributed by atoms with Crippen LogP contribution in [0.4, 0.5) is 0 Å². The Hall–Kier alpha value is -1.06. The van der Waals surface area contributed by atoms with E-state index >= 15 is 0 Å². The van der Waals surface area contributed by atoms with Crippen molar-refractivity contribution in [1.29, 1.82) is 0 Å². The van der Waals surface area contributed by atoms with Crippen molar-refractivity contribution in [2.75, 3.05) is 6.54 Å². The zero-order chi connectivity index (χ0) is 8.27. The van der Waals surface area contributed by atoms with Gasteiger partial charge in [0, 0.05) is 6.54 Å². The summed E-state index contributed by atoms with van der Waals surface area (Å²) in [5.41, 5.74) is 5.87. The first kappa shape index (κ1) is 8.04. The summed E-state index contributed by atoms with van der Waals surface area (Å²) in [6.07, 6.45) is -0.679. The lowest BCUT2D eigenvalue weighted by atomic mass is 10.1. The van der Waals surface area contributed by atoms with Gasteiger partial charge in [-0.25, -0.2) is 0 Å². The van der Waals surface area contributed by atoms with Crippen molar-refractivity contribution in [3.05, 3.63) is 29.8 Å². The van der Waals surface area contributed by atoms with Gasteiger partial charge in [0.25, 0.3) is 0 Å². The van der Waals surface area contributed by atoms with Crippen LogP contribution in [0.2, 0.25) is 0 Å². The van der Waals surface area contributed by atoms with E-state index in [-0.39, 0.29) is 12.3 Å². The summed E-state index contributed by atoms with van der Waals surface area (Å²) in [5.74, 6) is 0.148. The summed E-state index contributed by atoms with van der Waals surface area (Å²) < 4.78 is 0. The predicted molar refractivity (Wildman–Crippen MR) is 42.1 cm³/mol. The van der Waals surface area contributed by atoms with E-state index in [1.165, 1.54) is 6.07 Å². The van der Waals surface area contributed by atoms with Gasteiger partial charge in [0.05, 0.1) is 6.10 Å². The number of phenols is 1. The zero-order valence-corrected chi connectivity index (χ0v) is 6.07. The zero-order valence-electron chi connectivity index (χ0n) is 6.07. The van der Waals surface area contributed by atoms with Crippen LogP contribution in [0.25, 0.3) is 0 Å². The fraction of sp³-hybridized carbons (Fsp3) is 0.250. The number of hydrogen-bond donors (Lipinski definition) is 3. The second-order valence-electron chi connectivity index (χ2n) is 2.35. The Morgan fingerprint density at radius 2 is 2.18 bits per heavy atom. The number of aromatic hydroxyl groups is 1. The Balaban J connectivity index is 2.86. The molecule has 0 spiro atoms. The molecule has 0 fully saturated rings. The van der Waals surface area contributed by atoms with E-state index in [0.29, 0.717) is 5.56 Å². The molecule has 0 saturated carbocycles. The minimum Gasteiger partial charge on any atom is -0.508 e. The molecule has 0 aliphatic heterocycles. The van der Waals surface area contributed by atoms with E-state index in [1.54, 1.807) is 18.2 Å². The molecule has 1 aromatic rings. The molecule has 4 N–H and O–H groups in total. The van der Waals surface area contributed by atoms with Gasteiger partial charge in [0.1, 0.15) is 5.75 Å². The maximum absolute atomic E-state index is 9.22. The summed E-state index contributed by atoms with van der Waals surface area (Å²) in [5, 5.41) is 18.2. The van der Waals surface area contributed by atoms with Crippen molar-refractivity contribution >= 4 is 0 Å². The molecule has 3 heteroatoms. The first-order valence-electron chi connectivity index (χ1n) is 3.41. The third kappa shape index (κ3) is 1.93. The topological polar surface area (TPSA) is 66.5 Å². The number of aliphatic hydroxyl groups is 1. The molecule has 1 atom stereocenters. The summed E-state index contributed by atoms with van der Waals surface area (Å²) >= 11 is 0. The quantitative estimate of drug-likeness (QED) is 0.575. The van der Waals surface area contributed by atoms with Crippen molar-refractivity contribution in [3.8, 4) is 5.75 Å². The van der Waals surface area contributed by atoms with Crippen molar-refractivity contribution in [2.24, 2.45) is 5.73 Å². The summed E-state index contributed by atoms with van der Waals surface area (Å²) in [7, 11) is 0. The second-order valence-corrected chi connectivity index (χ2v) is 2.35. The second kappa shape index (κ2) is 3.37. The van der Waals surface area contributed by atoms with Crippen LogP contribution >= 0.6 is 0 Å². The lowest BCUT2D eigenvalue weighted by Gasteiger charge is -2.06. The number of benzene rings is 1. The fourth-order valence-electron chi connectivity index (χ4n) is 0.868. The summed E-state index contributed by atoms with van der Waals surface area (Å²) in [4.78, 5) is 0. The number of hydrogen-bond acceptors (Lipinski definition) is 3. The van der Waals surface area contributed by atoms with Crippen LogP contribution in [0.15, 0.2) is 24.3 Å². The standard InChI is InChI=1S/C8H11NO2/c9-5-8(11)6-2-1-3-7(10)4-6/h1-4,8,10-11H,5,9H2/t8-/m1/s1. The molecule has 0 heterocycles. The molecular weight excluding hydrogens is 142 g/mol. The van der Waals surface area contributed by atoms with Gasteiger partial charge in [-0.3, -0.25) is 0 Å². The van der Waals surface area contributed by atoms with Gasteiger partial charge in [-0.05, 0) is 17.7 Å². The number of nitrogens with two attached hydrogens (primary N) is 1. The first-order valence-corrected chi connectivity index (χ1v) is 3.41. The van der Waals surface area contributed by atoms with Crippen LogP contribution in [0.3, 0.4) is 0 Å². The van der Waals surface area contributed by atoms with Gasteiger partial charge in [-0.15, -0.1) is 0 Å². The van der Waals surface area contributed by atoms with E-state index in [0.717, 1.165) is 0 Å². The molecule has 60 valence electrons. The van der Waals surface area contributed by atoms with E-state index in [4.69, 9.17) is 10.8 Å². The Kier molecular flexibility index (Phi) is 2.46. The summed E-state index contributed by atoms with van der Waals surface area (Å²) in [6, 6.07) is 6.44. The monoisotopic (exact) mass is 153 g/mol. The number of aliphatic hydroxyl groups excluding tert-OH is 1. The van der Waals surface area contributed by atoms with Gasteiger partial charge >= 0.3 is 0 Å². The maximum atomic E-state index is 9.22. The molecule has 11 heavy (non-hydrogen) atoms. The third-order valence-corrected chi connectivity index (χ3v) is 1.48. The van der Waals surface area contributed by atoms with E-state index < -0.39 is 6.10 Å². The highest BCUT2D eigenvalue weighted by Gasteiger charge is 2.03. The molecule has 0 bridgehead atoms. The van der Waals surface area contributed by atoms with Gasteiger partial charge in [-0.1, -0.05) is 12.1 Å². The average Bonchev–Trinajstić information content (AvgIpc) is 2.03. The first-order chi connectivity index (χ1) is 5.24. The summed E-state index contributed by atoms with van der Waals surface area (Å²) in [6.45, 7) is 0.170. The van der Waals surface area contributed by atoms with Gasteiger partial charge in [-0.2, -0.15) is 0 Å². The van der Waals surface area contributed by atoms with Crippen molar-refractivity contribution in [1.82, 2.24) is 0 Å². The SMILES string of the molecule is NC[C@@H](O)c1cccc(O)c1. The van der Waals surface area contributed by atoms with Gasteiger partial charge < -0.3 is 15.9 Å². The third-order valence-electron chi connectivity index (χ3n) is 1.48. The smallest absolute Gasteiger partial charge is 0.115 e. The van der Waals surface area contributed by atoms with E-state index in [9.17, 15) is 5.11 Å². The molecule has 0 unspecified atom stereocenters. The molecule has 0 saturated heterocycles. The Labute approximate surface area is 65.1 Å². The van der Waals surface area contributed by atoms with Crippen LogP contribution < -0.4 is 5.73 Å². The molecule has 0 radical (unpaired) electrons. The molecule has 0 aliphatic carbocycles. The molecule has 1 rings (SSSR count). The molecule has 0 aromatic heterocycles. The van der Waals surface area contributed by atoms with Crippen molar-refractivity contribution in [3.63, 3.8) is 0 Å². The van der Waals surface area contributed by atoms with Gasteiger partial charge in [0.15, 0.2) is 0 Å². The number of rotatable bonds is 2. The minimum absolute atomic E-state index is 0.148. The lowest BCUT2D eigenvalue weighted by molar-refractivity contribution is 0.186. The largest absolute Gasteiger partial charge is 0.508 e. The molecule has 1 aromatic carbocycles. The highest BCUT2D eigenvalue weighted by molar-refractivity contribution is 5.28. The number of phenolic OH excluding ortho intramolecular Hbond substituents is 1. The highest BCUT2D eigenvalue weighted by Crippen LogP contribution is 2.16. The molecular formula is C8H11NO2. The van der Waals surface area contributed by atoms with E-state index in [1.807, 2.05) is 0 Å². The van der Waals surface area contributed by atoms with Crippen LogP contribution in [-0.4, -0.2) is 16.8 Å². The Morgan fingerprint density at radius 1 is 1.45 bits per heavy atom. The van der Waals surface area contributed by atoms with E-state index in [2.05, 4.69) is 0 Å². The molecule has 0 aliphatic rings. The molecule has 0 amide bonds.